The van der Waals surface area contributed by atoms with Crippen molar-refractivity contribution >= 4 is 11.4 Å². The Kier molecular flexibility index (Phi) is 4.22. The van der Waals surface area contributed by atoms with Crippen LogP contribution in [0.15, 0.2) is 18.2 Å². The maximum Gasteiger partial charge on any atom is 0.418 e. The molecule has 3 nitrogen and oxygen atoms in total. The lowest BCUT2D eigenvalue weighted by Gasteiger charge is -2.20. The number of hydrogen-bond acceptors (Lipinski definition) is 3. The molecule has 0 atom stereocenters. The molecule has 0 amide bonds. The summed E-state index contributed by atoms with van der Waals surface area (Å²) in [5.41, 5.74) is 4.71. The summed E-state index contributed by atoms with van der Waals surface area (Å²) in [6.07, 6.45) is -4.43. The molecule has 0 aliphatic carbocycles. The molecule has 1 rings (SSSR count). The fourth-order valence-electron chi connectivity index (χ4n) is 1.38. The van der Waals surface area contributed by atoms with E-state index in [1.807, 2.05) is 0 Å². The van der Waals surface area contributed by atoms with Gasteiger partial charge in [-0.2, -0.15) is 13.2 Å². The summed E-state index contributed by atoms with van der Waals surface area (Å²) >= 11 is 0. The largest absolute Gasteiger partial charge is 0.418 e. The minimum atomic E-state index is -4.43. The van der Waals surface area contributed by atoms with Crippen LogP contribution in [0.5, 0.6) is 0 Å². The van der Waals surface area contributed by atoms with Crippen molar-refractivity contribution in [2.45, 2.75) is 6.18 Å². The Balaban J connectivity index is 2.96. The summed E-state index contributed by atoms with van der Waals surface area (Å²) in [5, 5.41) is 0. The Hall–Kier alpha value is -1.43. The van der Waals surface area contributed by atoms with Gasteiger partial charge in [-0.25, -0.2) is 0 Å². The van der Waals surface area contributed by atoms with Crippen molar-refractivity contribution in [1.29, 1.82) is 0 Å². The van der Waals surface area contributed by atoms with E-state index < -0.39 is 11.7 Å². The van der Waals surface area contributed by atoms with Gasteiger partial charge in [0.1, 0.15) is 0 Å². The van der Waals surface area contributed by atoms with Crippen molar-refractivity contribution in [3.8, 4) is 0 Å². The van der Waals surface area contributed by atoms with Gasteiger partial charge in [0.15, 0.2) is 0 Å². The highest BCUT2D eigenvalue weighted by Gasteiger charge is 2.33. The zero-order chi connectivity index (χ0) is 13.1. The van der Waals surface area contributed by atoms with Gasteiger partial charge >= 0.3 is 6.18 Å². The quantitative estimate of drug-likeness (QED) is 0.831. The highest BCUT2D eigenvalue weighted by Crippen LogP contribution is 2.35. The number of methoxy groups -OCH3 is 1. The number of likely N-dealkylation sites (N-methyl/N-ethyl adjacent to an activating group) is 1. The predicted molar refractivity (Wildman–Crippen MR) is 61.0 cm³/mol. The Bertz CT molecular complexity index is 379. The van der Waals surface area contributed by atoms with E-state index in [4.69, 9.17) is 10.5 Å². The summed E-state index contributed by atoms with van der Waals surface area (Å²) in [7, 11) is 3.24. The van der Waals surface area contributed by atoms with Crippen molar-refractivity contribution in [1.82, 2.24) is 0 Å². The average Bonchev–Trinajstić information content (AvgIpc) is 2.25. The Morgan fingerprint density at radius 1 is 1.35 bits per heavy atom. The minimum Gasteiger partial charge on any atom is -0.398 e. The molecular formula is C11H15F3N2O. The Morgan fingerprint density at radius 3 is 2.53 bits per heavy atom. The van der Waals surface area contributed by atoms with E-state index in [-0.39, 0.29) is 5.69 Å². The number of alkyl halides is 3. The molecule has 0 aromatic heterocycles. The molecule has 1 aromatic carbocycles. The summed E-state index contributed by atoms with van der Waals surface area (Å²) in [6.45, 7) is 0.958. The summed E-state index contributed by atoms with van der Waals surface area (Å²) in [4.78, 5) is 1.68. The van der Waals surface area contributed by atoms with Gasteiger partial charge in [-0.05, 0) is 18.2 Å². The second-order valence-electron chi connectivity index (χ2n) is 3.68. The van der Waals surface area contributed by atoms with Gasteiger partial charge < -0.3 is 15.4 Å². The van der Waals surface area contributed by atoms with E-state index in [0.717, 1.165) is 6.07 Å². The normalized spacial score (nSPS) is 11.6. The lowest BCUT2D eigenvalue weighted by molar-refractivity contribution is -0.136. The zero-order valence-electron chi connectivity index (χ0n) is 9.71. The zero-order valence-corrected chi connectivity index (χ0v) is 9.71. The van der Waals surface area contributed by atoms with Crippen molar-refractivity contribution in [2.75, 3.05) is 37.9 Å². The van der Waals surface area contributed by atoms with Gasteiger partial charge in [0.2, 0.25) is 0 Å². The first kappa shape index (κ1) is 13.6. The van der Waals surface area contributed by atoms with E-state index in [1.54, 1.807) is 18.0 Å². The van der Waals surface area contributed by atoms with Crippen molar-refractivity contribution < 1.29 is 17.9 Å². The van der Waals surface area contributed by atoms with Gasteiger partial charge in [-0.1, -0.05) is 0 Å². The fourth-order valence-corrected chi connectivity index (χ4v) is 1.38. The van der Waals surface area contributed by atoms with Gasteiger partial charge in [0, 0.05) is 32.1 Å². The first-order valence-corrected chi connectivity index (χ1v) is 5.03. The third kappa shape index (κ3) is 3.52. The lowest BCUT2D eigenvalue weighted by atomic mass is 10.1. The van der Waals surface area contributed by atoms with Gasteiger partial charge in [0.25, 0.3) is 0 Å². The number of rotatable bonds is 4. The number of ether oxygens (including phenoxy) is 1. The van der Waals surface area contributed by atoms with Crippen LogP contribution in [0, 0.1) is 0 Å². The van der Waals surface area contributed by atoms with Crippen LogP contribution in [-0.2, 0) is 10.9 Å². The number of nitrogens with two attached hydrogens (primary N) is 1. The minimum absolute atomic E-state index is 0.263. The summed E-state index contributed by atoms with van der Waals surface area (Å²) in [6, 6.07) is 3.87. The number of benzene rings is 1. The molecule has 0 bridgehead atoms. The topological polar surface area (TPSA) is 38.5 Å². The third-order valence-electron chi connectivity index (χ3n) is 2.41. The van der Waals surface area contributed by atoms with Crippen molar-refractivity contribution in [3.05, 3.63) is 23.8 Å². The number of hydrogen-bond donors (Lipinski definition) is 1. The number of nitrogen functional groups attached to an aromatic ring is 1. The maximum atomic E-state index is 12.6. The van der Waals surface area contributed by atoms with E-state index in [9.17, 15) is 13.2 Å². The molecule has 0 heterocycles. The summed E-state index contributed by atoms with van der Waals surface area (Å²) < 4.78 is 42.7. The van der Waals surface area contributed by atoms with Crippen molar-refractivity contribution in [3.63, 3.8) is 0 Å². The van der Waals surface area contributed by atoms with E-state index >= 15 is 0 Å². The van der Waals surface area contributed by atoms with Crippen LogP contribution in [0.25, 0.3) is 0 Å². The van der Waals surface area contributed by atoms with Crippen LogP contribution in [0.4, 0.5) is 24.5 Å². The van der Waals surface area contributed by atoms with E-state index in [0.29, 0.717) is 18.8 Å². The molecular weight excluding hydrogens is 233 g/mol. The molecule has 1 aromatic rings. The highest BCUT2D eigenvalue weighted by molar-refractivity contribution is 5.59. The molecule has 0 aliphatic heterocycles. The average molecular weight is 248 g/mol. The summed E-state index contributed by atoms with van der Waals surface area (Å²) in [5.74, 6) is 0. The molecule has 0 fully saturated rings. The van der Waals surface area contributed by atoms with E-state index in [1.165, 1.54) is 13.2 Å². The predicted octanol–water partition coefficient (Wildman–Crippen LogP) is 2.37. The van der Waals surface area contributed by atoms with E-state index in [2.05, 4.69) is 0 Å². The molecule has 17 heavy (non-hydrogen) atoms. The molecule has 0 spiro atoms. The van der Waals surface area contributed by atoms with Crippen LogP contribution in [0.2, 0.25) is 0 Å². The molecule has 96 valence electrons. The first-order chi connectivity index (χ1) is 7.86. The van der Waals surface area contributed by atoms with Crippen molar-refractivity contribution in [2.24, 2.45) is 0 Å². The lowest BCUT2D eigenvalue weighted by Crippen LogP contribution is -2.22. The fraction of sp³-hybridized carbons (Fsp3) is 0.455. The maximum absolute atomic E-state index is 12.6. The molecule has 0 radical (unpaired) electrons. The van der Waals surface area contributed by atoms with Crippen LogP contribution >= 0.6 is 0 Å². The molecule has 0 saturated heterocycles. The van der Waals surface area contributed by atoms with Gasteiger partial charge in [-0.3, -0.25) is 0 Å². The molecule has 2 N–H and O–H groups in total. The van der Waals surface area contributed by atoms with Crippen LogP contribution in [-0.4, -0.2) is 27.3 Å². The van der Waals surface area contributed by atoms with Crippen LogP contribution in [0.3, 0.4) is 0 Å². The standard InChI is InChI=1S/C11H15F3N2O/c1-16(5-6-17-2)8-3-4-10(15)9(7-8)11(12,13)14/h3-4,7H,5-6,15H2,1-2H3. The highest BCUT2D eigenvalue weighted by atomic mass is 19.4. The van der Waals surface area contributed by atoms with Crippen LogP contribution in [0.1, 0.15) is 5.56 Å². The Labute approximate surface area is 98.0 Å². The van der Waals surface area contributed by atoms with Gasteiger partial charge in [0.05, 0.1) is 12.2 Å². The molecule has 0 saturated carbocycles. The molecule has 6 heteroatoms. The first-order valence-electron chi connectivity index (χ1n) is 5.03. The number of nitrogens with zero attached hydrogens (tertiary/aromatic N) is 1. The molecule has 0 aliphatic rings. The number of anilines is 2. The SMILES string of the molecule is COCCN(C)c1ccc(N)c(C(F)(F)F)c1. The second kappa shape index (κ2) is 5.27. The van der Waals surface area contributed by atoms with Gasteiger partial charge in [-0.15, -0.1) is 0 Å². The van der Waals surface area contributed by atoms with Crippen LogP contribution < -0.4 is 10.6 Å². The third-order valence-corrected chi connectivity index (χ3v) is 2.41. The smallest absolute Gasteiger partial charge is 0.398 e. The Morgan fingerprint density at radius 2 is 2.00 bits per heavy atom. The monoisotopic (exact) mass is 248 g/mol. The second-order valence-corrected chi connectivity index (χ2v) is 3.68. The molecule has 0 unspecified atom stereocenters. The number of halogens is 3.